The molecule has 1 N–H and O–H groups in total. The Morgan fingerprint density at radius 2 is 2.12 bits per heavy atom. The van der Waals surface area contributed by atoms with Crippen molar-refractivity contribution >= 4 is 0 Å². The third-order valence-electron chi connectivity index (χ3n) is 2.72. The Balaban J connectivity index is 2.67. The molecule has 0 aliphatic carbocycles. The van der Waals surface area contributed by atoms with E-state index >= 15 is 0 Å². The van der Waals surface area contributed by atoms with Gasteiger partial charge in [0.15, 0.2) is 0 Å². The molecule has 4 heteroatoms. The Kier molecular flexibility index (Phi) is 4.96. The minimum atomic E-state index is -0.299. The van der Waals surface area contributed by atoms with Crippen LogP contribution in [0.25, 0.3) is 0 Å². The molecule has 1 unspecified atom stereocenters. The van der Waals surface area contributed by atoms with Crippen molar-refractivity contribution in [3.63, 3.8) is 0 Å². The van der Waals surface area contributed by atoms with Gasteiger partial charge >= 0.3 is 0 Å². The summed E-state index contributed by atoms with van der Waals surface area (Å²) < 4.78 is 2.14. The number of imidazole rings is 1. The van der Waals surface area contributed by atoms with E-state index in [1.807, 2.05) is 19.3 Å². The number of aliphatic hydroxyl groups is 1. The van der Waals surface area contributed by atoms with Crippen molar-refractivity contribution in [2.45, 2.75) is 52.9 Å². The number of rotatable bonds is 6. The molecule has 0 fully saturated rings. The van der Waals surface area contributed by atoms with Crippen molar-refractivity contribution in [3.8, 4) is 0 Å². The monoisotopic (exact) mass is 225 g/mol. The zero-order valence-corrected chi connectivity index (χ0v) is 10.7. The van der Waals surface area contributed by atoms with E-state index < -0.39 is 0 Å². The maximum atomic E-state index is 9.46. The third kappa shape index (κ3) is 3.61. The molecule has 92 valence electrons. The van der Waals surface area contributed by atoms with Gasteiger partial charge in [0, 0.05) is 31.5 Å². The second-order valence-corrected chi connectivity index (χ2v) is 4.50. The summed E-state index contributed by atoms with van der Waals surface area (Å²) in [6.45, 7) is 10.6. The van der Waals surface area contributed by atoms with E-state index in [4.69, 9.17) is 0 Å². The van der Waals surface area contributed by atoms with Gasteiger partial charge in [0.05, 0.1) is 12.6 Å². The standard InChI is InChI=1S/C12H23N3O/c1-5-14-7-6-13-12(14)9-15(10(2)3)8-11(4)16/h6-7,10-11,16H,5,8-9H2,1-4H3. The highest BCUT2D eigenvalue weighted by Crippen LogP contribution is 2.07. The molecule has 1 rings (SSSR count). The number of aryl methyl sites for hydroxylation is 1. The summed E-state index contributed by atoms with van der Waals surface area (Å²) in [5.74, 6) is 1.07. The number of hydrogen-bond acceptors (Lipinski definition) is 3. The van der Waals surface area contributed by atoms with Crippen molar-refractivity contribution in [2.24, 2.45) is 0 Å². The predicted octanol–water partition coefficient (Wildman–Crippen LogP) is 1.49. The summed E-state index contributed by atoms with van der Waals surface area (Å²) in [5.41, 5.74) is 0. The van der Waals surface area contributed by atoms with Gasteiger partial charge in [0.2, 0.25) is 0 Å². The van der Waals surface area contributed by atoms with Crippen LogP contribution >= 0.6 is 0 Å². The van der Waals surface area contributed by atoms with Gasteiger partial charge in [-0.1, -0.05) is 0 Å². The molecule has 0 saturated carbocycles. The van der Waals surface area contributed by atoms with E-state index in [1.54, 1.807) is 0 Å². The van der Waals surface area contributed by atoms with Crippen molar-refractivity contribution in [1.29, 1.82) is 0 Å². The van der Waals surface area contributed by atoms with E-state index in [1.165, 1.54) is 0 Å². The molecule has 1 aromatic rings. The average Bonchev–Trinajstić information content (AvgIpc) is 2.63. The quantitative estimate of drug-likeness (QED) is 0.797. The fraction of sp³-hybridized carbons (Fsp3) is 0.750. The van der Waals surface area contributed by atoms with Gasteiger partial charge in [0.1, 0.15) is 5.82 Å². The second-order valence-electron chi connectivity index (χ2n) is 4.50. The Morgan fingerprint density at radius 3 is 2.62 bits per heavy atom. The molecule has 0 spiro atoms. The number of aliphatic hydroxyl groups excluding tert-OH is 1. The van der Waals surface area contributed by atoms with Crippen molar-refractivity contribution in [3.05, 3.63) is 18.2 Å². The fourth-order valence-corrected chi connectivity index (χ4v) is 1.76. The molecular weight excluding hydrogens is 202 g/mol. The normalized spacial score (nSPS) is 13.7. The van der Waals surface area contributed by atoms with Gasteiger partial charge in [-0.25, -0.2) is 4.98 Å². The van der Waals surface area contributed by atoms with Crippen LogP contribution in [0, 0.1) is 0 Å². The molecule has 0 radical (unpaired) electrons. The Hall–Kier alpha value is -0.870. The van der Waals surface area contributed by atoms with Crippen LogP contribution in [0.4, 0.5) is 0 Å². The van der Waals surface area contributed by atoms with Crippen LogP contribution in [-0.4, -0.2) is 38.2 Å². The topological polar surface area (TPSA) is 41.3 Å². The van der Waals surface area contributed by atoms with Gasteiger partial charge in [0.25, 0.3) is 0 Å². The highest BCUT2D eigenvalue weighted by Gasteiger charge is 2.14. The summed E-state index contributed by atoms with van der Waals surface area (Å²) in [4.78, 5) is 6.59. The van der Waals surface area contributed by atoms with Gasteiger partial charge < -0.3 is 9.67 Å². The highest BCUT2D eigenvalue weighted by atomic mass is 16.3. The lowest BCUT2D eigenvalue weighted by molar-refractivity contribution is 0.1000. The Morgan fingerprint density at radius 1 is 1.44 bits per heavy atom. The first-order valence-corrected chi connectivity index (χ1v) is 5.96. The van der Waals surface area contributed by atoms with Crippen LogP contribution < -0.4 is 0 Å². The first-order chi connectivity index (χ1) is 7.54. The first kappa shape index (κ1) is 13.2. The van der Waals surface area contributed by atoms with Gasteiger partial charge in [-0.3, -0.25) is 4.90 Å². The Bertz CT molecular complexity index is 307. The summed E-state index contributed by atoms with van der Waals surface area (Å²) in [6, 6.07) is 0.414. The maximum absolute atomic E-state index is 9.46. The molecule has 16 heavy (non-hydrogen) atoms. The van der Waals surface area contributed by atoms with Crippen LogP contribution in [0.15, 0.2) is 12.4 Å². The lowest BCUT2D eigenvalue weighted by Crippen LogP contribution is -2.36. The van der Waals surface area contributed by atoms with Gasteiger partial charge in [-0.2, -0.15) is 0 Å². The molecule has 0 saturated heterocycles. The average molecular weight is 225 g/mol. The highest BCUT2D eigenvalue weighted by molar-refractivity contribution is 4.92. The van der Waals surface area contributed by atoms with E-state index in [0.29, 0.717) is 12.6 Å². The van der Waals surface area contributed by atoms with Crippen LogP contribution in [0.1, 0.15) is 33.5 Å². The summed E-state index contributed by atoms with van der Waals surface area (Å²) in [7, 11) is 0. The third-order valence-corrected chi connectivity index (χ3v) is 2.72. The van der Waals surface area contributed by atoms with Crippen LogP contribution in [0.2, 0.25) is 0 Å². The molecule has 0 amide bonds. The molecule has 0 bridgehead atoms. The van der Waals surface area contributed by atoms with Crippen LogP contribution in [-0.2, 0) is 13.1 Å². The Labute approximate surface area is 97.9 Å². The molecule has 0 aliphatic rings. The minimum absolute atomic E-state index is 0.299. The van der Waals surface area contributed by atoms with Crippen LogP contribution in [0.3, 0.4) is 0 Å². The number of nitrogens with zero attached hydrogens (tertiary/aromatic N) is 3. The lowest BCUT2D eigenvalue weighted by Gasteiger charge is -2.27. The SMILES string of the molecule is CCn1ccnc1CN(CC(C)O)C(C)C. The molecular formula is C12H23N3O. The summed E-state index contributed by atoms with van der Waals surface area (Å²) in [6.07, 6.45) is 3.53. The van der Waals surface area contributed by atoms with Crippen LogP contribution in [0.5, 0.6) is 0 Å². The molecule has 1 aromatic heterocycles. The zero-order valence-electron chi connectivity index (χ0n) is 10.7. The largest absolute Gasteiger partial charge is 0.392 e. The lowest BCUT2D eigenvalue weighted by atomic mass is 10.2. The molecule has 1 atom stereocenters. The van der Waals surface area contributed by atoms with Gasteiger partial charge in [-0.05, 0) is 27.7 Å². The first-order valence-electron chi connectivity index (χ1n) is 5.96. The van der Waals surface area contributed by atoms with E-state index in [2.05, 4.69) is 35.2 Å². The molecule has 0 aromatic carbocycles. The minimum Gasteiger partial charge on any atom is -0.392 e. The molecule has 1 heterocycles. The number of aromatic nitrogens is 2. The summed E-state index contributed by atoms with van der Waals surface area (Å²) >= 11 is 0. The van der Waals surface area contributed by atoms with Gasteiger partial charge in [-0.15, -0.1) is 0 Å². The molecule has 4 nitrogen and oxygen atoms in total. The van der Waals surface area contributed by atoms with Crippen molar-refractivity contribution in [2.75, 3.05) is 6.54 Å². The predicted molar refractivity (Wildman–Crippen MR) is 65.1 cm³/mol. The maximum Gasteiger partial charge on any atom is 0.122 e. The summed E-state index contributed by atoms with van der Waals surface area (Å²) in [5, 5.41) is 9.46. The zero-order chi connectivity index (χ0) is 12.1. The fourth-order valence-electron chi connectivity index (χ4n) is 1.76. The van der Waals surface area contributed by atoms with E-state index in [0.717, 1.165) is 18.9 Å². The molecule has 0 aliphatic heterocycles. The number of hydrogen-bond donors (Lipinski definition) is 1. The van der Waals surface area contributed by atoms with Crippen molar-refractivity contribution in [1.82, 2.24) is 14.5 Å². The van der Waals surface area contributed by atoms with E-state index in [-0.39, 0.29) is 6.10 Å². The smallest absolute Gasteiger partial charge is 0.122 e. The van der Waals surface area contributed by atoms with Crippen molar-refractivity contribution < 1.29 is 5.11 Å². The van der Waals surface area contributed by atoms with E-state index in [9.17, 15) is 5.11 Å². The second kappa shape index (κ2) is 6.01.